The Morgan fingerprint density at radius 2 is 2.12 bits per heavy atom. The molecule has 2 rings (SSSR count). The lowest BCUT2D eigenvalue weighted by Gasteiger charge is -2.31. The summed E-state index contributed by atoms with van der Waals surface area (Å²) in [6, 6.07) is 0. The first kappa shape index (κ1) is 11.6. The number of anilines is 1. The lowest BCUT2D eigenvalue weighted by molar-refractivity contribution is -0.122. The lowest BCUT2D eigenvalue weighted by atomic mass is 9.96. The van der Waals surface area contributed by atoms with Crippen molar-refractivity contribution in [1.29, 1.82) is 0 Å². The van der Waals surface area contributed by atoms with Gasteiger partial charge in [-0.2, -0.15) is 10.1 Å². The van der Waals surface area contributed by atoms with Crippen LogP contribution in [0.5, 0.6) is 0 Å². The van der Waals surface area contributed by atoms with Crippen molar-refractivity contribution < 1.29 is 4.79 Å². The fourth-order valence-corrected chi connectivity index (χ4v) is 2.06. The van der Waals surface area contributed by atoms with Gasteiger partial charge in [-0.05, 0) is 19.8 Å². The Hall–Kier alpha value is -1.92. The van der Waals surface area contributed by atoms with E-state index >= 15 is 0 Å². The minimum Gasteiger partial charge on any atom is -0.369 e. The highest BCUT2D eigenvalue weighted by Gasteiger charge is 2.24. The number of nitrogens with one attached hydrogen (secondary N) is 1. The minimum absolute atomic E-state index is 0.0680. The monoisotopic (exact) mass is 237 g/mol. The van der Waals surface area contributed by atoms with Crippen molar-refractivity contribution in [2.24, 2.45) is 11.7 Å². The normalized spacial score (nSPS) is 17.1. The number of carbonyl (C=O) groups excluding carboxylic acids is 1. The van der Waals surface area contributed by atoms with Crippen LogP contribution in [0.1, 0.15) is 18.5 Å². The van der Waals surface area contributed by atoms with Crippen LogP contribution in [0.4, 0.5) is 5.82 Å². The molecular formula is C10H15N5O2. The van der Waals surface area contributed by atoms with E-state index < -0.39 is 5.69 Å². The smallest absolute Gasteiger partial charge is 0.363 e. The number of nitrogens with two attached hydrogens (primary N) is 1. The van der Waals surface area contributed by atoms with Gasteiger partial charge in [0.25, 0.3) is 0 Å². The lowest BCUT2D eigenvalue weighted by Crippen LogP contribution is -2.40. The van der Waals surface area contributed by atoms with Crippen molar-refractivity contribution in [2.45, 2.75) is 19.8 Å². The van der Waals surface area contributed by atoms with Gasteiger partial charge in [0.2, 0.25) is 5.91 Å². The van der Waals surface area contributed by atoms with Gasteiger partial charge in [0, 0.05) is 19.0 Å². The van der Waals surface area contributed by atoms with Crippen LogP contribution in [-0.4, -0.2) is 34.2 Å². The van der Waals surface area contributed by atoms with Crippen LogP contribution >= 0.6 is 0 Å². The molecule has 3 N–H and O–H groups in total. The highest BCUT2D eigenvalue weighted by Crippen LogP contribution is 2.21. The quantitative estimate of drug-likeness (QED) is 0.698. The van der Waals surface area contributed by atoms with Gasteiger partial charge in [0.05, 0.1) is 0 Å². The number of primary amides is 1. The first-order valence-electron chi connectivity index (χ1n) is 5.55. The van der Waals surface area contributed by atoms with E-state index in [-0.39, 0.29) is 11.8 Å². The molecule has 1 aliphatic heterocycles. The Kier molecular flexibility index (Phi) is 3.08. The number of H-pyrrole nitrogens is 1. The second-order valence-electron chi connectivity index (χ2n) is 4.21. The second kappa shape index (κ2) is 4.52. The molecule has 17 heavy (non-hydrogen) atoms. The molecule has 0 spiro atoms. The summed E-state index contributed by atoms with van der Waals surface area (Å²) in [6.45, 7) is 3.14. The predicted molar refractivity (Wildman–Crippen MR) is 61.5 cm³/mol. The maximum absolute atomic E-state index is 11.1. The Morgan fingerprint density at radius 3 is 2.71 bits per heavy atom. The molecule has 1 aliphatic rings. The van der Waals surface area contributed by atoms with Gasteiger partial charge < -0.3 is 10.6 Å². The summed E-state index contributed by atoms with van der Waals surface area (Å²) in [7, 11) is 0. The zero-order valence-electron chi connectivity index (χ0n) is 9.64. The van der Waals surface area contributed by atoms with Crippen LogP contribution < -0.4 is 16.3 Å². The van der Waals surface area contributed by atoms with Crippen LogP contribution in [0.15, 0.2) is 4.79 Å². The van der Waals surface area contributed by atoms with Gasteiger partial charge in [-0.1, -0.05) is 0 Å². The third-order valence-electron chi connectivity index (χ3n) is 3.05. The van der Waals surface area contributed by atoms with E-state index in [1.807, 2.05) is 4.90 Å². The molecule has 1 fully saturated rings. The number of hydrogen-bond donors (Lipinski definition) is 2. The second-order valence-corrected chi connectivity index (χ2v) is 4.21. The molecule has 0 radical (unpaired) electrons. The molecule has 7 heteroatoms. The molecule has 1 aromatic heterocycles. The Balaban J connectivity index is 2.13. The SMILES string of the molecule is Cc1n[nH]c(=O)nc1N1CCC(C(N)=O)CC1. The first-order valence-corrected chi connectivity index (χ1v) is 5.55. The summed E-state index contributed by atoms with van der Waals surface area (Å²) in [4.78, 5) is 28.0. The van der Waals surface area contributed by atoms with E-state index in [0.29, 0.717) is 37.4 Å². The number of rotatable bonds is 2. The van der Waals surface area contributed by atoms with Gasteiger partial charge >= 0.3 is 5.69 Å². The molecule has 92 valence electrons. The van der Waals surface area contributed by atoms with Crippen molar-refractivity contribution in [3.63, 3.8) is 0 Å². The summed E-state index contributed by atoms with van der Waals surface area (Å²) in [5.74, 6) is 0.275. The predicted octanol–water partition coefficient (Wildman–Crippen LogP) is -0.825. The van der Waals surface area contributed by atoms with Crippen LogP contribution in [0.25, 0.3) is 0 Å². The number of nitrogens with zero attached hydrogens (tertiary/aromatic N) is 3. The molecule has 0 atom stereocenters. The zero-order valence-corrected chi connectivity index (χ0v) is 9.64. The number of piperidine rings is 1. The molecule has 1 aromatic rings. The number of hydrogen-bond acceptors (Lipinski definition) is 5. The molecule has 0 aliphatic carbocycles. The van der Waals surface area contributed by atoms with Gasteiger partial charge in [-0.15, -0.1) is 0 Å². The minimum atomic E-state index is -0.456. The van der Waals surface area contributed by atoms with E-state index in [2.05, 4.69) is 15.2 Å². The van der Waals surface area contributed by atoms with E-state index in [0.717, 1.165) is 0 Å². The van der Waals surface area contributed by atoms with E-state index in [4.69, 9.17) is 5.73 Å². The Morgan fingerprint density at radius 1 is 1.47 bits per heavy atom. The van der Waals surface area contributed by atoms with Crippen LogP contribution in [-0.2, 0) is 4.79 Å². The maximum atomic E-state index is 11.1. The number of amides is 1. The molecule has 1 amide bonds. The highest BCUT2D eigenvalue weighted by molar-refractivity contribution is 5.77. The summed E-state index contributed by atoms with van der Waals surface area (Å²) in [5.41, 5.74) is 5.49. The van der Waals surface area contributed by atoms with E-state index in [1.54, 1.807) is 6.92 Å². The van der Waals surface area contributed by atoms with E-state index in [1.165, 1.54) is 0 Å². The van der Waals surface area contributed by atoms with Crippen molar-refractivity contribution in [1.82, 2.24) is 15.2 Å². The van der Waals surface area contributed by atoms with Crippen LogP contribution in [0.2, 0.25) is 0 Å². The standard InChI is InChI=1S/C10H15N5O2/c1-6-9(12-10(17)14-13-6)15-4-2-7(3-5-15)8(11)16/h7H,2-5H2,1H3,(H2,11,16)(H,12,14,17). The molecule has 7 nitrogen and oxygen atoms in total. The van der Waals surface area contributed by atoms with Crippen molar-refractivity contribution in [3.05, 3.63) is 16.2 Å². The zero-order chi connectivity index (χ0) is 12.4. The highest BCUT2D eigenvalue weighted by atomic mass is 16.1. The van der Waals surface area contributed by atoms with Crippen molar-refractivity contribution in [2.75, 3.05) is 18.0 Å². The Labute approximate surface area is 98.0 Å². The first-order chi connectivity index (χ1) is 8.08. The molecule has 0 saturated carbocycles. The molecule has 0 aromatic carbocycles. The van der Waals surface area contributed by atoms with Gasteiger partial charge in [-0.3, -0.25) is 4.79 Å². The fourth-order valence-electron chi connectivity index (χ4n) is 2.06. The molecular weight excluding hydrogens is 222 g/mol. The molecule has 0 unspecified atom stereocenters. The third kappa shape index (κ3) is 2.43. The van der Waals surface area contributed by atoms with Crippen molar-refractivity contribution >= 4 is 11.7 Å². The number of aromatic nitrogens is 3. The number of aromatic amines is 1. The van der Waals surface area contributed by atoms with E-state index in [9.17, 15) is 9.59 Å². The fraction of sp³-hybridized carbons (Fsp3) is 0.600. The summed E-state index contributed by atoms with van der Waals surface area (Å²) < 4.78 is 0. The number of carbonyl (C=O) groups is 1. The third-order valence-corrected chi connectivity index (χ3v) is 3.05. The summed E-state index contributed by atoms with van der Waals surface area (Å²) >= 11 is 0. The average molecular weight is 237 g/mol. The molecule has 1 saturated heterocycles. The Bertz CT molecular complexity index is 476. The molecule has 2 heterocycles. The van der Waals surface area contributed by atoms with Crippen LogP contribution in [0, 0.1) is 12.8 Å². The topological polar surface area (TPSA) is 105 Å². The summed E-state index contributed by atoms with van der Waals surface area (Å²) in [5, 5.41) is 6.16. The van der Waals surface area contributed by atoms with Crippen molar-refractivity contribution in [3.8, 4) is 0 Å². The maximum Gasteiger partial charge on any atom is 0.363 e. The van der Waals surface area contributed by atoms with Gasteiger partial charge in [0.15, 0.2) is 5.82 Å². The van der Waals surface area contributed by atoms with Crippen LogP contribution in [0.3, 0.4) is 0 Å². The van der Waals surface area contributed by atoms with Gasteiger partial charge in [-0.25, -0.2) is 9.89 Å². The summed E-state index contributed by atoms with van der Waals surface area (Å²) in [6.07, 6.45) is 1.40. The largest absolute Gasteiger partial charge is 0.369 e. The average Bonchev–Trinajstić information content (AvgIpc) is 2.32. The number of aryl methyl sites for hydroxylation is 1. The van der Waals surface area contributed by atoms with Gasteiger partial charge in [0.1, 0.15) is 5.69 Å². The molecule has 0 bridgehead atoms.